The van der Waals surface area contributed by atoms with Crippen molar-refractivity contribution in [2.75, 3.05) is 5.32 Å². The largest absolute Gasteiger partial charge is 0.326 e. The molecule has 3 N–H and O–H groups in total. The minimum absolute atomic E-state index is 0.0427. The fourth-order valence-corrected chi connectivity index (χ4v) is 3.13. The van der Waals surface area contributed by atoms with Crippen LogP contribution in [-0.2, 0) is 19.6 Å². The lowest BCUT2D eigenvalue weighted by molar-refractivity contribution is -0.124. The van der Waals surface area contributed by atoms with E-state index < -0.39 is 15.9 Å². The van der Waals surface area contributed by atoms with Crippen molar-refractivity contribution in [2.24, 2.45) is 0 Å². The highest BCUT2D eigenvalue weighted by Gasteiger charge is 2.15. The number of hydrogen-bond acceptors (Lipinski definition) is 4. The van der Waals surface area contributed by atoms with E-state index in [1.54, 1.807) is 12.1 Å². The Morgan fingerprint density at radius 3 is 2.11 bits per heavy atom. The Morgan fingerprint density at radius 1 is 0.852 bits per heavy atom. The summed E-state index contributed by atoms with van der Waals surface area (Å²) in [6, 6.07) is 11.9. The first kappa shape index (κ1) is 20.6. The van der Waals surface area contributed by atoms with E-state index >= 15 is 0 Å². The van der Waals surface area contributed by atoms with Gasteiger partial charge in [0.1, 0.15) is 0 Å². The first-order valence-corrected chi connectivity index (χ1v) is 9.90. The molecule has 8 heteroatoms. The molecule has 2 aromatic carbocycles. The van der Waals surface area contributed by atoms with Crippen LogP contribution in [0.2, 0.25) is 0 Å². The van der Waals surface area contributed by atoms with Crippen LogP contribution in [0.3, 0.4) is 0 Å². The van der Waals surface area contributed by atoms with Crippen LogP contribution in [0.15, 0.2) is 47.4 Å². The van der Waals surface area contributed by atoms with Gasteiger partial charge in [-0.1, -0.05) is 29.8 Å². The summed E-state index contributed by atoms with van der Waals surface area (Å²) >= 11 is 0. The maximum Gasteiger partial charge on any atom is 0.257 e. The van der Waals surface area contributed by atoms with Gasteiger partial charge in [-0.25, -0.2) is 8.42 Å². The van der Waals surface area contributed by atoms with Crippen LogP contribution >= 0.6 is 0 Å². The summed E-state index contributed by atoms with van der Waals surface area (Å²) in [6.45, 7) is 5.64. The standard InChI is InChI=1S/C19H23N3O4S/c1-13-5-8-16(9-6-13)27(25,26)22-21-19(24)11-10-18(23)20-17-12-14(2)4-7-15(17)3/h4-9,12,22H,10-11H2,1-3H3,(H,20,23)(H,21,24). The van der Waals surface area contributed by atoms with E-state index in [1.807, 2.05) is 43.8 Å². The summed E-state index contributed by atoms with van der Waals surface area (Å²) in [7, 11) is -3.85. The van der Waals surface area contributed by atoms with E-state index in [0.717, 1.165) is 16.7 Å². The van der Waals surface area contributed by atoms with Gasteiger partial charge >= 0.3 is 0 Å². The molecule has 0 radical (unpaired) electrons. The molecule has 7 nitrogen and oxygen atoms in total. The number of amides is 2. The second-order valence-corrected chi connectivity index (χ2v) is 8.02. The Morgan fingerprint density at radius 2 is 1.44 bits per heavy atom. The molecule has 0 bridgehead atoms. The van der Waals surface area contributed by atoms with E-state index in [0.29, 0.717) is 5.69 Å². The van der Waals surface area contributed by atoms with Crippen molar-refractivity contribution in [3.05, 3.63) is 59.2 Å². The topological polar surface area (TPSA) is 104 Å². The molecule has 144 valence electrons. The molecular formula is C19H23N3O4S. The van der Waals surface area contributed by atoms with Gasteiger partial charge in [0.2, 0.25) is 11.8 Å². The number of sulfonamides is 1. The summed E-state index contributed by atoms with van der Waals surface area (Å²) in [5.74, 6) is -0.915. The zero-order valence-corrected chi connectivity index (χ0v) is 16.3. The SMILES string of the molecule is Cc1ccc(S(=O)(=O)NNC(=O)CCC(=O)Nc2cc(C)ccc2C)cc1. The number of rotatable bonds is 7. The van der Waals surface area contributed by atoms with Gasteiger partial charge in [-0.3, -0.25) is 15.0 Å². The fraction of sp³-hybridized carbons (Fsp3) is 0.263. The molecule has 0 aliphatic heterocycles. The average molecular weight is 389 g/mol. The Balaban J connectivity index is 1.82. The number of hydrazine groups is 1. The van der Waals surface area contributed by atoms with Gasteiger partial charge < -0.3 is 5.32 Å². The lowest BCUT2D eigenvalue weighted by Gasteiger charge is -2.10. The van der Waals surface area contributed by atoms with Crippen LogP contribution in [0.1, 0.15) is 29.5 Å². The maximum atomic E-state index is 12.1. The first-order valence-electron chi connectivity index (χ1n) is 8.42. The maximum absolute atomic E-state index is 12.1. The van der Waals surface area contributed by atoms with Crippen molar-refractivity contribution < 1.29 is 18.0 Å². The van der Waals surface area contributed by atoms with Crippen molar-refractivity contribution in [1.82, 2.24) is 10.3 Å². The van der Waals surface area contributed by atoms with Crippen LogP contribution in [0, 0.1) is 20.8 Å². The average Bonchev–Trinajstić information content (AvgIpc) is 2.62. The Labute approximate surface area is 159 Å². The summed E-state index contributed by atoms with van der Waals surface area (Å²) in [5, 5.41) is 2.75. The van der Waals surface area contributed by atoms with Gasteiger partial charge in [0.05, 0.1) is 4.90 Å². The molecule has 0 unspecified atom stereocenters. The van der Waals surface area contributed by atoms with E-state index in [1.165, 1.54) is 12.1 Å². The highest BCUT2D eigenvalue weighted by Crippen LogP contribution is 2.16. The van der Waals surface area contributed by atoms with E-state index in [-0.39, 0.29) is 23.6 Å². The van der Waals surface area contributed by atoms with Crippen molar-refractivity contribution in [3.63, 3.8) is 0 Å². The molecule has 2 aromatic rings. The van der Waals surface area contributed by atoms with Crippen molar-refractivity contribution in [1.29, 1.82) is 0 Å². The molecule has 0 heterocycles. The molecule has 0 aliphatic rings. The summed E-state index contributed by atoms with van der Waals surface area (Å²) in [5.41, 5.74) is 5.67. The molecule has 0 saturated carbocycles. The molecule has 2 rings (SSSR count). The van der Waals surface area contributed by atoms with Gasteiger partial charge in [-0.15, -0.1) is 4.83 Å². The van der Waals surface area contributed by atoms with Gasteiger partial charge in [0, 0.05) is 18.5 Å². The zero-order valence-electron chi connectivity index (χ0n) is 15.5. The smallest absolute Gasteiger partial charge is 0.257 e. The van der Waals surface area contributed by atoms with Crippen LogP contribution in [0.4, 0.5) is 5.69 Å². The van der Waals surface area contributed by atoms with Crippen molar-refractivity contribution in [3.8, 4) is 0 Å². The van der Waals surface area contributed by atoms with Crippen LogP contribution in [0.25, 0.3) is 0 Å². The molecule has 0 atom stereocenters. The minimum atomic E-state index is -3.85. The van der Waals surface area contributed by atoms with Gasteiger partial charge in [0.15, 0.2) is 0 Å². The molecule has 0 aliphatic carbocycles. The third-order valence-electron chi connectivity index (χ3n) is 3.90. The van der Waals surface area contributed by atoms with Gasteiger partial charge in [0.25, 0.3) is 10.0 Å². The predicted octanol–water partition coefficient (Wildman–Crippen LogP) is 2.34. The lowest BCUT2D eigenvalue weighted by atomic mass is 10.1. The van der Waals surface area contributed by atoms with E-state index in [2.05, 4.69) is 10.7 Å². The summed E-state index contributed by atoms with van der Waals surface area (Å²) in [6.07, 6.45) is -0.210. The monoisotopic (exact) mass is 389 g/mol. The Hall–Kier alpha value is -2.71. The second kappa shape index (κ2) is 8.79. The molecule has 27 heavy (non-hydrogen) atoms. The number of nitrogens with one attached hydrogen (secondary N) is 3. The third-order valence-corrected chi connectivity index (χ3v) is 5.17. The van der Waals surface area contributed by atoms with Crippen molar-refractivity contribution >= 4 is 27.5 Å². The predicted molar refractivity (Wildman–Crippen MR) is 103 cm³/mol. The number of anilines is 1. The lowest BCUT2D eigenvalue weighted by Crippen LogP contribution is -2.41. The van der Waals surface area contributed by atoms with Crippen molar-refractivity contribution in [2.45, 2.75) is 38.5 Å². The zero-order chi connectivity index (χ0) is 20.0. The van der Waals surface area contributed by atoms with E-state index in [4.69, 9.17) is 0 Å². The van der Waals surface area contributed by atoms with Gasteiger partial charge in [-0.2, -0.15) is 0 Å². The highest BCUT2D eigenvalue weighted by atomic mass is 32.2. The molecule has 0 spiro atoms. The first-order chi connectivity index (χ1) is 12.7. The molecular weight excluding hydrogens is 366 g/mol. The van der Waals surface area contributed by atoms with Crippen LogP contribution in [0.5, 0.6) is 0 Å². The summed E-state index contributed by atoms with van der Waals surface area (Å²) < 4.78 is 24.2. The molecule has 0 fully saturated rings. The highest BCUT2D eigenvalue weighted by molar-refractivity contribution is 7.89. The minimum Gasteiger partial charge on any atom is -0.326 e. The molecule has 2 amide bonds. The number of hydrogen-bond donors (Lipinski definition) is 3. The summed E-state index contributed by atoms with van der Waals surface area (Å²) in [4.78, 5) is 25.9. The van der Waals surface area contributed by atoms with Crippen LogP contribution in [-0.4, -0.2) is 20.2 Å². The Bertz CT molecular complexity index is 938. The normalized spacial score (nSPS) is 11.1. The number of carbonyl (C=O) groups is 2. The number of benzene rings is 2. The van der Waals surface area contributed by atoms with E-state index in [9.17, 15) is 18.0 Å². The fourth-order valence-electron chi connectivity index (χ4n) is 2.27. The molecule has 0 aromatic heterocycles. The van der Waals surface area contributed by atoms with Crippen LogP contribution < -0.4 is 15.6 Å². The third kappa shape index (κ3) is 6.19. The Kier molecular flexibility index (Phi) is 6.70. The second-order valence-electron chi connectivity index (χ2n) is 6.33. The number of aryl methyl sites for hydroxylation is 3. The molecule has 0 saturated heterocycles. The van der Waals surface area contributed by atoms with Gasteiger partial charge in [-0.05, 0) is 50.1 Å². The quantitative estimate of drug-likeness (QED) is 0.632. The number of carbonyl (C=O) groups excluding carboxylic acids is 2.